The highest BCUT2D eigenvalue weighted by Crippen LogP contribution is 2.31. The fourth-order valence-corrected chi connectivity index (χ4v) is 1.77. The van der Waals surface area contributed by atoms with Crippen LogP contribution in [0.1, 0.15) is 22.8 Å². The van der Waals surface area contributed by atoms with Crippen molar-refractivity contribution in [3.05, 3.63) is 27.7 Å². The molecule has 0 aliphatic heterocycles. The van der Waals surface area contributed by atoms with Gasteiger partial charge in [-0.05, 0) is 41.4 Å². The van der Waals surface area contributed by atoms with E-state index in [1.54, 1.807) is 19.9 Å². The third-order valence-corrected chi connectivity index (χ3v) is 2.83. The van der Waals surface area contributed by atoms with Crippen LogP contribution in [-0.4, -0.2) is 23.5 Å². The maximum atomic E-state index is 11.6. The first kappa shape index (κ1) is 12.7. The molecule has 0 aliphatic carbocycles. The highest BCUT2D eigenvalue weighted by atomic mass is 79.9. The van der Waals surface area contributed by atoms with Crippen molar-refractivity contribution in [3.63, 3.8) is 0 Å². The molecule has 0 atom stereocenters. The number of aryl methyl sites for hydroxylation is 1. The van der Waals surface area contributed by atoms with Crippen molar-refractivity contribution in [2.75, 3.05) is 6.61 Å². The molecule has 0 fully saturated rings. The SMILES string of the molecule is CCOC(=O)C(=O)c1ccc(C)c(O)c1Br. The molecule has 0 bridgehead atoms. The number of phenolic OH excluding ortho intramolecular Hbond substituents is 1. The van der Waals surface area contributed by atoms with E-state index in [-0.39, 0.29) is 22.4 Å². The third-order valence-electron chi connectivity index (χ3n) is 2.02. The zero-order chi connectivity index (χ0) is 12.3. The Hall–Kier alpha value is -1.36. The standard InChI is InChI=1S/C11H11BrO4/c1-3-16-11(15)10(14)7-5-4-6(2)9(13)8(7)12/h4-5,13H,3H2,1-2H3. The lowest BCUT2D eigenvalue weighted by Gasteiger charge is -2.06. The summed E-state index contributed by atoms with van der Waals surface area (Å²) in [5, 5.41) is 9.60. The van der Waals surface area contributed by atoms with E-state index in [4.69, 9.17) is 0 Å². The molecule has 0 unspecified atom stereocenters. The molecule has 1 aromatic carbocycles. The predicted molar refractivity (Wildman–Crippen MR) is 61.5 cm³/mol. The predicted octanol–water partition coefficient (Wildman–Crippen LogP) is 2.21. The Morgan fingerprint density at radius 3 is 2.62 bits per heavy atom. The topological polar surface area (TPSA) is 63.6 Å². The number of phenols is 1. The maximum absolute atomic E-state index is 11.6. The lowest BCUT2D eigenvalue weighted by Crippen LogP contribution is -2.18. The number of esters is 1. The Balaban J connectivity index is 3.10. The van der Waals surface area contributed by atoms with E-state index in [2.05, 4.69) is 20.7 Å². The van der Waals surface area contributed by atoms with E-state index in [1.807, 2.05) is 0 Å². The van der Waals surface area contributed by atoms with Crippen LogP contribution in [0, 0.1) is 6.92 Å². The van der Waals surface area contributed by atoms with Gasteiger partial charge in [-0.1, -0.05) is 6.07 Å². The van der Waals surface area contributed by atoms with E-state index in [0.29, 0.717) is 5.56 Å². The Labute approximate surface area is 101 Å². The van der Waals surface area contributed by atoms with Gasteiger partial charge in [-0.3, -0.25) is 4.79 Å². The lowest BCUT2D eigenvalue weighted by atomic mass is 10.1. The zero-order valence-electron chi connectivity index (χ0n) is 8.91. The number of carbonyl (C=O) groups is 2. The number of Topliss-reactive ketones (excluding diaryl/α,β-unsaturated/α-hetero) is 1. The van der Waals surface area contributed by atoms with Crippen molar-refractivity contribution in [1.29, 1.82) is 0 Å². The largest absolute Gasteiger partial charge is 0.506 e. The van der Waals surface area contributed by atoms with Crippen molar-refractivity contribution in [3.8, 4) is 5.75 Å². The molecule has 1 N–H and O–H groups in total. The summed E-state index contributed by atoms with van der Waals surface area (Å²) in [5.41, 5.74) is 0.717. The van der Waals surface area contributed by atoms with E-state index in [9.17, 15) is 14.7 Å². The molecular weight excluding hydrogens is 276 g/mol. The fourth-order valence-electron chi connectivity index (χ4n) is 1.14. The number of benzene rings is 1. The minimum Gasteiger partial charge on any atom is -0.506 e. The van der Waals surface area contributed by atoms with Gasteiger partial charge >= 0.3 is 5.97 Å². The molecule has 4 nitrogen and oxygen atoms in total. The summed E-state index contributed by atoms with van der Waals surface area (Å²) in [7, 11) is 0. The monoisotopic (exact) mass is 286 g/mol. The molecular formula is C11H11BrO4. The highest BCUT2D eigenvalue weighted by molar-refractivity contribution is 9.10. The van der Waals surface area contributed by atoms with Crippen molar-refractivity contribution in [2.45, 2.75) is 13.8 Å². The second-order valence-corrected chi connectivity index (χ2v) is 3.94. The average molecular weight is 287 g/mol. The van der Waals surface area contributed by atoms with Crippen LogP contribution in [0.3, 0.4) is 0 Å². The van der Waals surface area contributed by atoms with Gasteiger partial charge in [0.2, 0.25) is 0 Å². The molecule has 0 heterocycles. The van der Waals surface area contributed by atoms with Crippen LogP contribution in [0.5, 0.6) is 5.75 Å². The Kier molecular flexibility index (Phi) is 4.06. The molecule has 0 radical (unpaired) electrons. The Morgan fingerprint density at radius 2 is 2.06 bits per heavy atom. The molecule has 0 aliphatic rings. The molecule has 0 saturated heterocycles. The first-order valence-corrected chi connectivity index (χ1v) is 5.47. The number of halogens is 1. The van der Waals surface area contributed by atoms with Crippen LogP contribution >= 0.6 is 15.9 Å². The number of aromatic hydroxyl groups is 1. The summed E-state index contributed by atoms with van der Waals surface area (Å²) >= 11 is 3.07. The van der Waals surface area contributed by atoms with Crippen LogP contribution < -0.4 is 0 Å². The van der Waals surface area contributed by atoms with Gasteiger partial charge in [-0.25, -0.2) is 4.79 Å². The number of hydrogen-bond acceptors (Lipinski definition) is 4. The first-order chi connectivity index (χ1) is 7.49. The second-order valence-electron chi connectivity index (χ2n) is 3.14. The minimum absolute atomic E-state index is 0.0462. The summed E-state index contributed by atoms with van der Waals surface area (Å²) in [6.45, 7) is 3.45. The van der Waals surface area contributed by atoms with Gasteiger partial charge in [0.15, 0.2) is 0 Å². The number of ketones is 1. The number of ether oxygens (including phenoxy) is 1. The molecule has 0 aromatic heterocycles. The van der Waals surface area contributed by atoms with Crippen molar-refractivity contribution in [2.24, 2.45) is 0 Å². The van der Waals surface area contributed by atoms with E-state index >= 15 is 0 Å². The van der Waals surface area contributed by atoms with Gasteiger partial charge in [0.25, 0.3) is 5.78 Å². The van der Waals surface area contributed by atoms with Gasteiger partial charge in [0.1, 0.15) is 5.75 Å². The molecule has 0 saturated carbocycles. The number of carbonyl (C=O) groups excluding carboxylic acids is 2. The molecule has 16 heavy (non-hydrogen) atoms. The van der Waals surface area contributed by atoms with Gasteiger partial charge in [-0.15, -0.1) is 0 Å². The zero-order valence-corrected chi connectivity index (χ0v) is 10.5. The molecule has 86 valence electrons. The lowest BCUT2D eigenvalue weighted by molar-refractivity contribution is -0.137. The van der Waals surface area contributed by atoms with Crippen LogP contribution in [0.25, 0.3) is 0 Å². The van der Waals surface area contributed by atoms with Crippen LogP contribution in [0.15, 0.2) is 16.6 Å². The van der Waals surface area contributed by atoms with E-state index in [1.165, 1.54) is 6.07 Å². The average Bonchev–Trinajstić information content (AvgIpc) is 2.26. The van der Waals surface area contributed by atoms with Gasteiger partial charge in [-0.2, -0.15) is 0 Å². The highest BCUT2D eigenvalue weighted by Gasteiger charge is 2.22. The third kappa shape index (κ3) is 2.41. The molecule has 1 aromatic rings. The smallest absolute Gasteiger partial charge is 0.379 e. The second kappa shape index (κ2) is 5.12. The first-order valence-electron chi connectivity index (χ1n) is 4.68. The summed E-state index contributed by atoms with van der Waals surface area (Å²) in [5.74, 6) is -1.74. The van der Waals surface area contributed by atoms with Crippen LogP contribution in [0.4, 0.5) is 0 Å². The quantitative estimate of drug-likeness (QED) is 0.526. The minimum atomic E-state index is -0.925. The van der Waals surface area contributed by atoms with Gasteiger partial charge < -0.3 is 9.84 Å². The summed E-state index contributed by atoms with van der Waals surface area (Å²) in [4.78, 5) is 22.8. The maximum Gasteiger partial charge on any atom is 0.379 e. The van der Waals surface area contributed by atoms with Crippen molar-refractivity contribution < 1.29 is 19.4 Å². The van der Waals surface area contributed by atoms with Gasteiger partial charge in [0.05, 0.1) is 11.1 Å². The van der Waals surface area contributed by atoms with E-state index < -0.39 is 11.8 Å². The molecule has 0 amide bonds. The van der Waals surface area contributed by atoms with Gasteiger partial charge in [0, 0.05) is 5.56 Å². The summed E-state index contributed by atoms with van der Waals surface area (Å²) < 4.78 is 4.81. The van der Waals surface area contributed by atoms with Crippen molar-refractivity contribution in [1.82, 2.24) is 0 Å². The molecule has 0 spiro atoms. The van der Waals surface area contributed by atoms with Crippen LogP contribution in [0.2, 0.25) is 0 Å². The Bertz CT molecular complexity index is 440. The van der Waals surface area contributed by atoms with E-state index in [0.717, 1.165) is 0 Å². The summed E-state index contributed by atoms with van der Waals surface area (Å²) in [6.07, 6.45) is 0. The molecule has 1 rings (SSSR count). The normalized spacial score (nSPS) is 9.94. The molecule has 5 heteroatoms. The Morgan fingerprint density at radius 1 is 1.44 bits per heavy atom. The van der Waals surface area contributed by atoms with Crippen LogP contribution in [-0.2, 0) is 9.53 Å². The summed E-state index contributed by atoms with van der Waals surface area (Å²) in [6, 6.07) is 3.03. The van der Waals surface area contributed by atoms with Crippen molar-refractivity contribution >= 4 is 27.7 Å². The number of hydrogen-bond donors (Lipinski definition) is 1. The number of rotatable bonds is 3. The fraction of sp³-hybridized carbons (Fsp3) is 0.273.